The van der Waals surface area contributed by atoms with Gasteiger partial charge in [0.2, 0.25) is 0 Å². The van der Waals surface area contributed by atoms with E-state index in [2.05, 4.69) is 10.2 Å². The second-order valence-electron chi connectivity index (χ2n) is 4.57. The summed E-state index contributed by atoms with van der Waals surface area (Å²) in [6.45, 7) is 0.422. The number of hydrogen-bond donors (Lipinski definition) is 1. The highest BCUT2D eigenvalue weighted by atomic mass is 16.4. The van der Waals surface area contributed by atoms with Gasteiger partial charge in [-0.15, -0.1) is 0 Å². The topological polar surface area (TPSA) is 83.4 Å². The summed E-state index contributed by atoms with van der Waals surface area (Å²) in [5.74, 6) is -1.13. The van der Waals surface area contributed by atoms with Crippen LogP contribution in [0.25, 0.3) is 0 Å². The second-order valence-corrected chi connectivity index (χ2v) is 4.57. The van der Waals surface area contributed by atoms with Gasteiger partial charge in [-0.05, 0) is 24.1 Å². The van der Waals surface area contributed by atoms with Crippen LogP contribution in [0.5, 0.6) is 0 Å². The third kappa shape index (κ3) is 3.62. The van der Waals surface area contributed by atoms with E-state index in [1.807, 2.05) is 0 Å². The quantitative estimate of drug-likeness (QED) is 0.899. The number of hydrogen-bond acceptors (Lipinski definition) is 4. The summed E-state index contributed by atoms with van der Waals surface area (Å²) in [6, 6.07) is 8.39. The minimum absolute atomic E-state index is 0.169. The molecule has 0 saturated carbocycles. The zero-order valence-electron chi connectivity index (χ0n) is 11.6. The SMILES string of the molecule is CN(CCc1ccccc1C(=O)O)C(=O)c1ccnnc1. The van der Waals surface area contributed by atoms with Crippen molar-refractivity contribution in [1.29, 1.82) is 0 Å². The third-order valence-corrected chi connectivity index (χ3v) is 3.14. The van der Waals surface area contributed by atoms with Crippen LogP contribution in [0.1, 0.15) is 26.3 Å². The number of carbonyl (C=O) groups is 2. The largest absolute Gasteiger partial charge is 0.478 e. The van der Waals surface area contributed by atoms with E-state index in [1.165, 1.54) is 17.3 Å². The second kappa shape index (κ2) is 6.60. The van der Waals surface area contributed by atoms with Gasteiger partial charge in [0, 0.05) is 13.6 Å². The van der Waals surface area contributed by atoms with Crippen molar-refractivity contribution in [2.75, 3.05) is 13.6 Å². The van der Waals surface area contributed by atoms with Gasteiger partial charge in [-0.3, -0.25) is 4.79 Å². The number of benzene rings is 1. The first-order valence-corrected chi connectivity index (χ1v) is 6.43. The van der Waals surface area contributed by atoms with Crippen molar-refractivity contribution in [1.82, 2.24) is 15.1 Å². The molecule has 0 atom stereocenters. The minimum atomic E-state index is -0.960. The van der Waals surface area contributed by atoms with E-state index < -0.39 is 5.97 Å². The molecule has 0 radical (unpaired) electrons. The molecule has 1 aromatic carbocycles. The average molecular weight is 285 g/mol. The first kappa shape index (κ1) is 14.6. The van der Waals surface area contributed by atoms with Crippen molar-refractivity contribution in [2.45, 2.75) is 6.42 Å². The van der Waals surface area contributed by atoms with Gasteiger partial charge in [0.05, 0.1) is 23.5 Å². The molecule has 2 rings (SSSR count). The molecule has 0 bridgehead atoms. The van der Waals surface area contributed by atoms with Gasteiger partial charge in [0.1, 0.15) is 0 Å². The molecule has 6 heteroatoms. The molecule has 2 aromatic rings. The number of carboxylic acid groups (broad SMARTS) is 1. The normalized spacial score (nSPS) is 10.1. The van der Waals surface area contributed by atoms with Crippen molar-refractivity contribution in [3.63, 3.8) is 0 Å². The van der Waals surface area contributed by atoms with Crippen LogP contribution in [-0.4, -0.2) is 45.7 Å². The maximum Gasteiger partial charge on any atom is 0.335 e. The highest BCUT2D eigenvalue weighted by Gasteiger charge is 2.14. The number of rotatable bonds is 5. The van der Waals surface area contributed by atoms with Crippen molar-refractivity contribution < 1.29 is 14.7 Å². The van der Waals surface area contributed by atoms with Gasteiger partial charge < -0.3 is 10.0 Å². The molecular formula is C15H15N3O3. The minimum Gasteiger partial charge on any atom is -0.478 e. The predicted octanol–water partition coefficient (Wildman–Crippen LogP) is 1.49. The van der Waals surface area contributed by atoms with E-state index in [1.54, 1.807) is 37.4 Å². The molecule has 21 heavy (non-hydrogen) atoms. The summed E-state index contributed by atoms with van der Waals surface area (Å²) >= 11 is 0. The number of aromatic carboxylic acids is 1. The Kier molecular flexibility index (Phi) is 4.61. The summed E-state index contributed by atoms with van der Waals surface area (Å²) in [5.41, 5.74) is 1.43. The Morgan fingerprint density at radius 3 is 2.62 bits per heavy atom. The molecular weight excluding hydrogens is 270 g/mol. The van der Waals surface area contributed by atoms with Gasteiger partial charge in [-0.1, -0.05) is 18.2 Å². The molecule has 1 heterocycles. The van der Waals surface area contributed by atoms with E-state index in [9.17, 15) is 9.59 Å². The van der Waals surface area contributed by atoms with E-state index in [0.29, 0.717) is 24.1 Å². The number of carbonyl (C=O) groups excluding carboxylic acids is 1. The first-order chi connectivity index (χ1) is 10.1. The zero-order valence-corrected chi connectivity index (χ0v) is 11.6. The Hall–Kier alpha value is -2.76. The molecule has 0 aliphatic carbocycles. The Morgan fingerprint density at radius 1 is 1.19 bits per heavy atom. The number of nitrogens with zero attached hydrogens (tertiary/aromatic N) is 3. The van der Waals surface area contributed by atoms with Crippen molar-refractivity contribution in [3.05, 3.63) is 59.4 Å². The number of carboxylic acids is 1. The van der Waals surface area contributed by atoms with E-state index in [-0.39, 0.29) is 11.5 Å². The lowest BCUT2D eigenvalue weighted by Gasteiger charge is -2.17. The summed E-state index contributed by atoms with van der Waals surface area (Å²) in [7, 11) is 1.67. The van der Waals surface area contributed by atoms with Gasteiger partial charge in [-0.2, -0.15) is 10.2 Å². The average Bonchev–Trinajstić information content (AvgIpc) is 2.52. The predicted molar refractivity (Wildman–Crippen MR) is 76.1 cm³/mol. The monoisotopic (exact) mass is 285 g/mol. The molecule has 1 amide bonds. The Balaban J connectivity index is 2.03. The molecule has 1 N–H and O–H groups in total. The van der Waals surface area contributed by atoms with Gasteiger partial charge >= 0.3 is 5.97 Å². The van der Waals surface area contributed by atoms with Crippen molar-refractivity contribution >= 4 is 11.9 Å². The molecule has 1 aromatic heterocycles. The smallest absolute Gasteiger partial charge is 0.335 e. The molecule has 0 spiro atoms. The van der Waals surface area contributed by atoms with Crippen LogP contribution in [0.4, 0.5) is 0 Å². The number of likely N-dealkylation sites (N-methyl/N-ethyl adjacent to an activating group) is 1. The van der Waals surface area contributed by atoms with E-state index in [4.69, 9.17) is 5.11 Å². The van der Waals surface area contributed by atoms with Crippen molar-refractivity contribution in [3.8, 4) is 0 Å². The van der Waals surface area contributed by atoms with Crippen LogP contribution in [0.15, 0.2) is 42.7 Å². The lowest BCUT2D eigenvalue weighted by Crippen LogP contribution is -2.29. The summed E-state index contributed by atoms with van der Waals surface area (Å²) in [5, 5.41) is 16.4. The van der Waals surface area contributed by atoms with Crippen LogP contribution < -0.4 is 0 Å². The van der Waals surface area contributed by atoms with Crippen LogP contribution >= 0.6 is 0 Å². The van der Waals surface area contributed by atoms with E-state index >= 15 is 0 Å². The highest BCUT2D eigenvalue weighted by molar-refractivity contribution is 5.93. The molecule has 0 aliphatic heterocycles. The van der Waals surface area contributed by atoms with E-state index in [0.717, 1.165) is 0 Å². The van der Waals surface area contributed by atoms with Crippen LogP contribution in [0, 0.1) is 0 Å². The molecule has 108 valence electrons. The molecule has 0 aliphatic rings. The summed E-state index contributed by atoms with van der Waals surface area (Å²) < 4.78 is 0. The molecule has 0 saturated heterocycles. The lowest BCUT2D eigenvalue weighted by molar-refractivity contribution is 0.0695. The maximum atomic E-state index is 12.1. The fourth-order valence-electron chi connectivity index (χ4n) is 1.97. The standard InChI is InChI=1S/C15H15N3O3/c1-18(14(19)12-6-8-16-17-10-12)9-7-11-4-2-3-5-13(11)15(20)21/h2-6,8,10H,7,9H2,1H3,(H,20,21). The fraction of sp³-hybridized carbons (Fsp3) is 0.200. The van der Waals surface area contributed by atoms with Gasteiger partial charge in [-0.25, -0.2) is 4.79 Å². The third-order valence-electron chi connectivity index (χ3n) is 3.14. The number of amides is 1. The summed E-state index contributed by atoms with van der Waals surface area (Å²) in [6.07, 6.45) is 3.34. The van der Waals surface area contributed by atoms with Crippen LogP contribution in [0.3, 0.4) is 0 Å². The van der Waals surface area contributed by atoms with Crippen molar-refractivity contribution in [2.24, 2.45) is 0 Å². The lowest BCUT2D eigenvalue weighted by atomic mass is 10.0. The zero-order chi connectivity index (χ0) is 15.2. The number of aromatic nitrogens is 2. The Bertz CT molecular complexity index is 644. The highest BCUT2D eigenvalue weighted by Crippen LogP contribution is 2.10. The Morgan fingerprint density at radius 2 is 1.95 bits per heavy atom. The fourth-order valence-corrected chi connectivity index (χ4v) is 1.97. The summed E-state index contributed by atoms with van der Waals surface area (Å²) in [4.78, 5) is 24.8. The first-order valence-electron chi connectivity index (χ1n) is 6.43. The van der Waals surface area contributed by atoms with Gasteiger partial charge in [0.25, 0.3) is 5.91 Å². The molecule has 6 nitrogen and oxygen atoms in total. The molecule has 0 fully saturated rings. The van der Waals surface area contributed by atoms with Crippen LogP contribution in [0.2, 0.25) is 0 Å². The Labute approximate surface area is 122 Å². The van der Waals surface area contributed by atoms with Gasteiger partial charge in [0.15, 0.2) is 0 Å². The maximum absolute atomic E-state index is 12.1. The molecule has 0 unspecified atom stereocenters. The van der Waals surface area contributed by atoms with Crippen LogP contribution in [-0.2, 0) is 6.42 Å².